The maximum absolute atomic E-state index is 5.41. The van der Waals surface area contributed by atoms with Crippen molar-refractivity contribution in [2.75, 3.05) is 5.32 Å². The summed E-state index contributed by atoms with van der Waals surface area (Å²) in [6.45, 7) is 0.689. The molecule has 0 fully saturated rings. The molecule has 0 bridgehead atoms. The van der Waals surface area contributed by atoms with Crippen LogP contribution in [0.1, 0.15) is 5.76 Å². The van der Waals surface area contributed by atoms with Crippen LogP contribution >= 0.6 is 22.6 Å². The first kappa shape index (κ1) is 9.51. The first-order valence-electron chi connectivity index (χ1n) is 4.23. The van der Waals surface area contributed by atoms with Crippen LogP contribution in [-0.2, 0) is 6.54 Å². The first-order chi connectivity index (χ1) is 6.84. The number of pyridine rings is 1. The molecule has 2 aromatic rings. The number of hydrogen-bond donors (Lipinski definition) is 1. The summed E-state index contributed by atoms with van der Waals surface area (Å²) >= 11 is 2.15. The highest BCUT2D eigenvalue weighted by atomic mass is 127. The van der Waals surface area contributed by atoms with E-state index in [-0.39, 0.29) is 0 Å². The zero-order valence-electron chi connectivity index (χ0n) is 7.40. The van der Waals surface area contributed by atoms with Gasteiger partial charge in [-0.2, -0.15) is 0 Å². The Morgan fingerprint density at radius 1 is 1.36 bits per heavy atom. The fourth-order valence-electron chi connectivity index (χ4n) is 1.10. The van der Waals surface area contributed by atoms with E-state index in [4.69, 9.17) is 4.42 Å². The third-order valence-electron chi connectivity index (χ3n) is 1.76. The Labute approximate surface area is 95.7 Å². The summed E-state index contributed by atoms with van der Waals surface area (Å²) < 4.78 is 6.32. The second-order valence-electron chi connectivity index (χ2n) is 2.80. The van der Waals surface area contributed by atoms with Crippen molar-refractivity contribution < 1.29 is 4.42 Å². The van der Waals surface area contributed by atoms with Crippen LogP contribution in [-0.4, -0.2) is 4.98 Å². The molecule has 4 heteroatoms. The van der Waals surface area contributed by atoms with E-state index in [1.54, 1.807) is 12.4 Å². The molecule has 0 atom stereocenters. The van der Waals surface area contributed by atoms with Crippen LogP contribution < -0.4 is 5.32 Å². The number of furan rings is 1. The lowest BCUT2D eigenvalue weighted by Crippen LogP contribution is -1.97. The molecule has 72 valence electrons. The largest absolute Gasteiger partial charge is 0.454 e. The number of rotatable bonds is 3. The summed E-state index contributed by atoms with van der Waals surface area (Å²) in [4.78, 5) is 4.01. The number of anilines is 1. The van der Waals surface area contributed by atoms with E-state index in [1.165, 1.54) is 0 Å². The summed E-state index contributed by atoms with van der Waals surface area (Å²) in [7, 11) is 0. The molecule has 0 aliphatic rings. The molecule has 0 aliphatic heterocycles. The highest BCUT2D eigenvalue weighted by molar-refractivity contribution is 14.1. The van der Waals surface area contributed by atoms with Crippen molar-refractivity contribution in [2.45, 2.75) is 6.54 Å². The highest BCUT2D eigenvalue weighted by Crippen LogP contribution is 2.12. The molecule has 0 saturated heterocycles. The van der Waals surface area contributed by atoms with E-state index in [0.717, 1.165) is 15.2 Å². The molecule has 0 saturated carbocycles. The molecule has 0 spiro atoms. The van der Waals surface area contributed by atoms with Gasteiger partial charge in [0.2, 0.25) is 0 Å². The van der Waals surface area contributed by atoms with Crippen molar-refractivity contribution in [2.24, 2.45) is 0 Å². The average Bonchev–Trinajstić information content (AvgIpc) is 2.63. The van der Waals surface area contributed by atoms with Crippen LogP contribution in [0.2, 0.25) is 0 Å². The summed E-state index contributed by atoms with van der Waals surface area (Å²) in [5.74, 6) is 0.929. The number of aromatic nitrogens is 1. The minimum atomic E-state index is 0.689. The Hall–Kier alpha value is -1.04. The Morgan fingerprint density at radius 2 is 2.29 bits per heavy atom. The van der Waals surface area contributed by atoms with Gasteiger partial charge < -0.3 is 9.73 Å². The number of hydrogen-bond acceptors (Lipinski definition) is 3. The summed E-state index contributed by atoms with van der Waals surface area (Å²) in [6, 6.07) is 7.78. The smallest absolute Gasteiger partial charge is 0.164 e. The Bertz CT molecular complexity index is 400. The molecule has 2 aromatic heterocycles. The van der Waals surface area contributed by atoms with Gasteiger partial charge in [-0.3, -0.25) is 4.98 Å². The van der Waals surface area contributed by atoms with Crippen molar-refractivity contribution in [3.8, 4) is 0 Å². The Balaban J connectivity index is 1.95. The lowest BCUT2D eigenvalue weighted by molar-refractivity contribution is 0.493. The number of halogens is 1. The minimum Gasteiger partial charge on any atom is -0.454 e. The third-order valence-corrected chi connectivity index (χ3v) is 2.34. The predicted octanol–water partition coefficient (Wildman–Crippen LogP) is 2.89. The molecule has 2 heterocycles. The summed E-state index contributed by atoms with van der Waals surface area (Å²) in [5, 5.41) is 3.21. The lowest BCUT2D eigenvalue weighted by atomic mass is 10.4. The van der Waals surface area contributed by atoms with Crippen LogP contribution in [0.25, 0.3) is 0 Å². The molecular weight excluding hydrogens is 291 g/mol. The minimum absolute atomic E-state index is 0.689. The quantitative estimate of drug-likeness (QED) is 0.886. The van der Waals surface area contributed by atoms with Gasteiger partial charge in [-0.1, -0.05) is 0 Å². The van der Waals surface area contributed by atoms with E-state index >= 15 is 0 Å². The standard InChI is InChI=1S/C10H9IN2O/c11-10-4-3-9(14-10)7-13-8-2-1-5-12-6-8/h1-6,13H,7H2. The fraction of sp³-hybridized carbons (Fsp3) is 0.100. The van der Waals surface area contributed by atoms with Gasteiger partial charge >= 0.3 is 0 Å². The molecule has 0 unspecified atom stereocenters. The molecule has 14 heavy (non-hydrogen) atoms. The Kier molecular flexibility index (Phi) is 3.03. The molecule has 1 N–H and O–H groups in total. The average molecular weight is 300 g/mol. The van der Waals surface area contributed by atoms with Crippen molar-refractivity contribution >= 4 is 28.3 Å². The zero-order chi connectivity index (χ0) is 9.80. The SMILES string of the molecule is Ic1ccc(CNc2cccnc2)o1. The Morgan fingerprint density at radius 3 is 2.93 bits per heavy atom. The molecule has 0 aromatic carbocycles. The van der Waals surface area contributed by atoms with Crippen LogP contribution in [0.5, 0.6) is 0 Å². The van der Waals surface area contributed by atoms with Crippen molar-refractivity contribution in [1.29, 1.82) is 0 Å². The maximum Gasteiger partial charge on any atom is 0.164 e. The monoisotopic (exact) mass is 300 g/mol. The van der Waals surface area contributed by atoms with Gasteiger partial charge in [0.05, 0.1) is 12.2 Å². The molecule has 0 aliphatic carbocycles. The topological polar surface area (TPSA) is 38.1 Å². The maximum atomic E-state index is 5.41. The summed E-state index contributed by atoms with van der Waals surface area (Å²) in [5.41, 5.74) is 0.999. The summed E-state index contributed by atoms with van der Waals surface area (Å²) in [6.07, 6.45) is 3.54. The predicted molar refractivity (Wildman–Crippen MR) is 63.0 cm³/mol. The lowest BCUT2D eigenvalue weighted by Gasteiger charge is -2.02. The van der Waals surface area contributed by atoms with Crippen LogP contribution in [0.15, 0.2) is 41.1 Å². The van der Waals surface area contributed by atoms with Gasteiger partial charge in [-0.05, 0) is 46.9 Å². The van der Waals surface area contributed by atoms with E-state index < -0.39 is 0 Å². The van der Waals surface area contributed by atoms with Gasteiger partial charge in [-0.25, -0.2) is 0 Å². The van der Waals surface area contributed by atoms with E-state index in [2.05, 4.69) is 32.9 Å². The van der Waals surface area contributed by atoms with Crippen molar-refractivity contribution in [1.82, 2.24) is 4.98 Å². The van der Waals surface area contributed by atoms with Gasteiger partial charge in [0, 0.05) is 12.4 Å². The van der Waals surface area contributed by atoms with E-state index in [0.29, 0.717) is 6.54 Å². The molecule has 0 radical (unpaired) electrons. The third kappa shape index (κ3) is 2.47. The van der Waals surface area contributed by atoms with E-state index in [1.807, 2.05) is 24.3 Å². The molecular formula is C10H9IN2O. The second-order valence-corrected chi connectivity index (χ2v) is 3.86. The molecule has 3 nitrogen and oxygen atoms in total. The van der Waals surface area contributed by atoms with Crippen LogP contribution in [0, 0.1) is 3.77 Å². The van der Waals surface area contributed by atoms with Crippen molar-refractivity contribution in [3.05, 3.63) is 46.2 Å². The highest BCUT2D eigenvalue weighted by Gasteiger charge is 1.98. The second kappa shape index (κ2) is 4.45. The normalized spacial score (nSPS) is 10.1. The van der Waals surface area contributed by atoms with E-state index in [9.17, 15) is 0 Å². The van der Waals surface area contributed by atoms with Gasteiger partial charge in [0.25, 0.3) is 0 Å². The molecule has 0 amide bonds. The number of nitrogens with zero attached hydrogens (tertiary/aromatic N) is 1. The molecule has 2 rings (SSSR count). The van der Waals surface area contributed by atoms with Crippen molar-refractivity contribution in [3.63, 3.8) is 0 Å². The number of nitrogens with one attached hydrogen (secondary N) is 1. The first-order valence-corrected chi connectivity index (χ1v) is 5.30. The van der Waals surface area contributed by atoms with Crippen LogP contribution in [0.3, 0.4) is 0 Å². The fourth-order valence-corrected chi connectivity index (χ4v) is 1.57. The van der Waals surface area contributed by atoms with Crippen LogP contribution in [0.4, 0.5) is 5.69 Å². The van der Waals surface area contributed by atoms with Gasteiger partial charge in [-0.15, -0.1) is 0 Å². The van der Waals surface area contributed by atoms with Gasteiger partial charge in [0.1, 0.15) is 5.76 Å². The zero-order valence-corrected chi connectivity index (χ0v) is 9.56. The van der Waals surface area contributed by atoms with Gasteiger partial charge in [0.15, 0.2) is 3.77 Å².